The molecule has 2 rings (SSSR count). The van der Waals surface area contributed by atoms with Crippen molar-refractivity contribution in [1.29, 1.82) is 0 Å². The topological polar surface area (TPSA) is 21.3 Å². The predicted octanol–water partition coefficient (Wildman–Crippen LogP) is 4.30. The van der Waals surface area contributed by atoms with Gasteiger partial charge in [0.1, 0.15) is 5.75 Å². The van der Waals surface area contributed by atoms with E-state index < -0.39 is 6.36 Å². The van der Waals surface area contributed by atoms with Crippen LogP contribution in [-0.2, 0) is 6.42 Å². The van der Waals surface area contributed by atoms with E-state index >= 15 is 0 Å². The van der Waals surface area contributed by atoms with Gasteiger partial charge in [-0.25, -0.2) is 0 Å². The molecule has 2 nitrogen and oxygen atoms in total. The smallest absolute Gasteiger partial charge is 0.406 e. The number of rotatable bonds is 6. The molecule has 1 saturated carbocycles. The van der Waals surface area contributed by atoms with E-state index in [1.807, 2.05) is 0 Å². The highest BCUT2D eigenvalue weighted by atomic mass is 19.4. The molecule has 1 aliphatic carbocycles. The zero-order chi connectivity index (χ0) is 15.5. The van der Waals surface area contributed by atoms with Crippen LogP contribution in [0.25, 0.3) is 0 Å². The Morgan fingerprint density at radius 3 is 2.24 bits per heavy atom. The van der Waals surface area contributed by atoms with E-state index in [2.05, 4.69) is 23.9 Å². The summed E-state index contributed by atoms with van der Waals surface area (Å²) in [7, 11) is 0. The van der Waals surface area contributed by atoms with Crippen LogP contribution in [0.4, 0.5) is 13.2 Å². The lowest BCUT2D eigenvalue weighted by molar-refractivity contribution is -0.274. The normalized spacial score (nSPS) is 17.6. The minimum absolute atomic E-state index is 0.158. The Hall–Kier alpha value is -1.23. The average molecular weight is 301 g/mol. The molecule has 1 aromatic rings. The number of ether oxygens (including phenoxy) is 1. The minimum Gasteiger partial charge on any atom is -0.406 e. The SMILES string of the molecule is CC(C)NCC1(Cc2ccc(OC(F)(F)F)cc2)CCC1. The molecule has 0 aromatic heterocycles. The second-order valence-corrected chi connectivity index (χ2v) is 6.26. The van der Waals surface area contributed by atoms with Crippen molar-refractivity contribution in [3.05, 3.63) is 29.8 Å². The Labute approximate surface area is 123 Å². The maximum Gasteiger partial charge on any atom is 0.573 e. The van der Waals surface area contributed by atoms with Crippen molar-refractivity contribution in [3.63, 3.8) is 0 Å². The molecule has 0 radical (unpaired) electrons. The molecule has 0 heterocycles. The van der Waals surface area contributed by atoms with Gasteiger partial charge in [-0.1, -0.05) is 32.4 Å². The maximum atomic E-state index is 12.1. The fraction of sp³-hybridized carbons (Fsp3) is 0.625. The van der Waals surface area contributed by atoms with Crippen LogP contribution in [0, 0.1) is 5.41 Å². The van der Waals surface area contributed by atoms with Crippen LogP contribution in [-0.4, -0.2) is 18.9 Å². The summed E-state index contributed by atoms with van der Waals surface area (Å²) in [6.45, 7) is 5.21. The van der Waals surface area contributed by atoms with E-state index in [-0.39, 0.29) is 11.2 Å². The molecule has 0 bridgehead atoms. The van der Waals surface area contributed by atoms with E-state index in [0.717, 1.165) is 18.5 Å². The fourth-order valence-electron chi connectivity index (χ4n) is 2.76. The van der Waals surface area contributed by atoms with E-state index in [9.17, 15) is 13.2 Å². The van der Waals surface area contributed by atoms with Gasteiger partial charge in [-0.15, -0.1) is 13.2 Å². The van der Waals surface area contributed by atoms with E-state index in [4.69, 9.17) is 0 Å². The van der Waals surface area contributed by atoms with Gasteiger partial charge in [0.25, 0.3) is 0 Å². The van der Waals surface area contributed by atoms with Gasteiger partial charge in [0.05, 0.1) is 0 Å². The van der Waals surface area contributed by atoms with Crippen LogP contribution in [0.1, 0.15) is 38.7 Å². The summed E-state index contributed by atoms with van der Waals surface area (Å²) in [5, 5.41) is 3.48. The van der Waals surface area contributed by atoms with Gasteiger partial charge in [0, 0.05) is 12.6 Å². The minimum atomic E-state index is -4.63. The van der Waals surface area contributed by atoms with Gasteiger partial charge < -0.3 is 10.1 Å². The second kappa shape index (κ2) is 6.26. The maximum absolute atomic E-state index is 12.1. The molecule has 1 fully saturated rings. The summed E-state index contributed by atoms with van der Waals surface area (Å²) >= 11 is 0. The Morgan fingerprint density at radius 2 is 1.81 bits per heavy atom. The first kappa shape index (κ1) is 16.1. The first-order valence-electron chi connectivity index (χ1n) is 7.36. The van der Waals surface area contributed by atoms with Crippen LogP contribution in [0.3, 0.4) is 0 Å². The summed E-state index contributed by atoms with van der Waals surface area (Å²) in [6, 6.07) is 6.70. The Balaban J connectivity index is 1.95. The van der Waals surface area contributed by atoms with Gasteiger partial charge in [0.15, 0.2) is 0 Å². The molecule has 1 aliphatic rings. The third kappa shape index (κ3) is 4.92. The Kier molecular flexibility index (Phi) is 4.81. The molecule has 1 N–H and O–H groups in total. The van der Waals surface area contributed by atoms with Gasteiger partial charge in [-0.3, -0.25) is 0 Å². The van der Waals surface area contributed by atoms with Crippen LogP contribution in [0.5, 0.6) is 5.75 Å². The second-order valence-electron chi connectivity index (χ2n) is 6.26. The van der Waals surface area contributed by atoms with Crippen LogP contribution in [0.15, 0.2) is 24.3 Å². The highest BCUT2D eigenvalue weighted by Gasteiger charge is 2.36. The fourth-order valence-corrected chi connectivity index (χ4v) is 2.76. The lowest BCUT2D eigenvalue weighted by Crippen LogP contribution is -2.43. The average Bonchev–Trinajstić information content (AvgIpc) is 2.32. The molecule has 5 heteroatoms. The highest BCUT2D eigenvalue weighted by molar-refractivity contribution is 5.28. The van der Waals surface area contributed by atoms with Crippen molar-refractivity contribution in [2.45, 2.75) is 51.9 Å². The molecule has 0 saturated heterocycles. The Bertz CT molecular complexity index is 450. The quantitative estimate of drug-likeness (QED) is 0.846. The largest absolute Gasteiger partial charge is 0.573 e. The molecular formula is C16H22F3NO. The number of hydrogen-bond donors (Lipinski definition) is 1. The third-order valence-electron chi connectivity index (χ3n) is 4.04. The Morgan fingerprint density at radius 1 is 1.19 bits per heavy atom. The first-order chi connectivity index (χ1) is 9.78. The molecule has 0 amide bonds. The third-order valence-corrected chi connectivity index (χ3v) is 4.04. The molecule has 0 aliphatic heterocycles. The molecule has 0 atom stereocenters. The zero-order valence-corrected chi connectivity index (χ0v) is 12.5. The molecule has 21 heavy (non-hydrogen) atoms. The highest BCUT2D eigenvalue weighted by Crippen LogP contribution is 2.43. The molecule has 1 aromatic carbocycles. The van der Waals surface area contributed by atoms with Crippen molar-refractivity contribution >= 4 is 0 Å². The van der Waals surface area contributed by atoms with E-state index in [1.54, 1.807) is 12.1 Å². The zero-order valence-electron chi connectivity index (χ0n) is 12.5. The van der Waals surface area contributed by atoms with E-state index in [0.29, 0.717) is 6.04 Å². The van der Waals surface area contributed by atoms with Crippen molar-refractivity contribution in [2.75, 3.05) is 6.54 Å². The lowest BCUT2D eigenvalue weighted by Gasteiger charge is -2.43. The summed E-state index contributed by atoms with van der Waals surface area (Å²) in [4.78, 5) is 0. The number of benzene rings is 1. The predicted molar refractivity (Wildman–Crippen MR) is 76.3 cm³/mol. The molecule has 0 unspecified atom stereocenters. The number of alkyl halides is 3. The van der Waals surface area contributed by atoms with Gasteiger partial charge in [-0.05, 0) is 42.4 Å². The number of nitrogens with one attached hydrogen (secondary N) is 1. The van der Waals surface area contributed by atoms with Crippen molar-refractivity contribution < 1.29 is 17.9 Å². The summed E-state index contributed by atoms with van der Waals surface area (Å²) in [6.07, 6.45) is -0.146. The summed E-state index contributed by atoms with van der Waals surface area (Å²) < 4.78 is 40.3. The van der Waals surface area contributed by atoms with Crippen molar-refractivity contribution in [1.82, 2.24) is 5.32 Å². The summed E-state index contributed by atoms with van der Waals surface area (Å²) in [5.74, 6) is -0.158. The van der Waals surface area contributed by atoms with Crippen LogP contribution in [0.2, 0.25) is 0 Å². The molecular weight excluding hydrogens is 279 g/mol. The monoisotopic (exact) mass is 301 g/mol. The van der Waals surface area contributed by atoms with Crippen LogP contribution >= 0.6 is 0 Å². The molecule has 0 spiro atoms. The standard InChI is InChI=1S/C16H22F3NO/c1-12(2)20-11-15(8-3-9-15)10-13-4-6-14(7-5-13)21-16(17,18)19/h4-7,12,20H,3,8-11H2,1-2H3. The van der Waals surface area contributed by atoms with Gasteiger partial charge >= 0.3 is 6.36 Å². The van der Waals surface area contributed by atoms with Crippen LogP contribution < -0.4 is 10.1 Å². The lowest BCUT2D eigenvalue weighted by atomic mass is 9.65. The van der Waals surface area contributed by atoms with E-state index in [1.165, 1.54) is 31.4 Å². The van der Waals surface area contributed by atoms with Gasteiger partial charge in [0.2, 0.25) is 0 Å². The van der Waals surface area contributed by atoms with Crippen molar-refractivity contribution in [3.8, 4) is 5.75 Å². The number of hydrogen-bond acceptors (Lipinski definition) is 2. The molecule has 118 valence electrons. The summed E-state index contributed by atoms with van der Waals surface area (Å²) in [5.41, 5.74) is 1.33. The van der Waals surface area contributed by atoms with Crippen molar-refractivity contribution in [2.24, 2.45) is 5.41 Å². The van der Waals surface area contributed by atoms with Gasteiger partial charge in [-0.2, -0.15) is 0 Å². The first-order valence-corrected chi connectivity index (χ1v) is 7.36. The number of halogens is 3.